The Hall–Kier alpha value is -2.69. The molecule has 1 aliphatic heterocycles. The van der Waals surface area contributed by atoms with E-state index in [-0.39, 0.29) is 16.3 Å². The third-order valence-electron chi connectivity index (χ3n) is 4.61. The highest BCUT2D eigenvalue weighted by molar-refractivity contribution is 7.93. The molecule has 3 rings (SSSR count). The number of hydrogen-bond donors (Lipinski definition) is 1. The fourth-order valence-corrected chi connectivity index (χ4v) is 5.62. The molecule has 1 fully saturated rings. The number of rotatable bonds is 6. The molecule has 0 saturated carbocycles. The molecule has 10 heteroatoms. The largest absolute Gasteiger partial charge is 0.321 e. The average molecular weight is 450 g/mol. The lowest BCUT2D eigenvalue weighted by Crippen LogP contribution is -2.24. The molecule has 0 bridgehead atoms. The van der Waals surface area contributed by atoms with Crippen molar-refractivity contribution in [2.75, 3.05) is 36.0 Å². The Labute approximate surface area is 176 Å². The van der Waals surface area contributed by atoms with Gasteiger partial charge >= 0.3 is 0 Å². The summed E-state index contributed by atoms with van der Waals surface area (Å²) in [6.07, 6.45) is 3.47. The van der Waals surface area contributed by atoms with Gasteiger partial charge in [0, 0.05) is 26.7 Å². The summed E-state index contributed by atoms with van der Waals surface area (Å²) in [7, 11) is -4.10. The van der Waals surface area contributed by atoms with Crippen molar-refractivity contribution in [3.8, 4) is 0 Å². The zero-order valence-electron chi connectivity index (χ0n) is 16.6. The molecule has 0 radical (unpaired) electrons. The Morgan fingerprint density at radius 2 is 1.77 bits per heavy atom. The monoisotopic (exact) mass is 449 g/mol. The van der Waals surface area contributed by atoms with Crippen LogP contribution in [0.15, 0.2) is 59.5 Å². The van der Waals surface area contributed by atoms with Gasteiger partial charge in [0.15, 0.2) is 0 Å². The molecule has 2 aromatic carbocycles. The molecule has 8 nitrogen and oxygen atoms in total. The molecule has 1 aliphatic rings. The second-order valence-corrected chi connectivity index (χ2v) is 11.1. The second kappa shape index (κ2) is 8.58. The van der Waals surface area contributed by atoms with Gasteiger partial charge < -0.3 is 5.32 Å². The van der Waals surface area contributed by atoms with E-state index in [1.807, 2.05) is 0 Å². The molecule has 1 amide bonds. The van der Waals surface area contributed by atoms with Gasteiger partial charge in [-0.3, -0.25) is 9.10 Å². The predicted molar refractivity (Wildman–Crippen MR) is 117 cm³/mol. The highest BCUT2D eigenvalue weighted by atomic mass is 32.2. The SMILES string of the molecule is CN(C)S(=O)(=O)c1ccccc1NC(=O)/C=C/c1ccc(N2CCCS2(=O)=O)cc1. The molecule has 0 atom stereocenters. The first kappa shape index (κ1) is 22.0. The van der Waals surface area contributed by atoms with E-state index in [0.717, 1.165) is 4.31 Å². The van der Waals surface area contributed by atoms with Crippen LogP contribution in [0, 0.1) is 0 Å². The molecule has 0 spiro atoms. The first-order chi connectivity index (χ1) is 14.1. The van der Waals surface area contributed by atoms with E-state index in [1.54, 1.807) is 42.5 Å². The fourth-order valence-electron chi connectivity index (χ4n) is 3.02. The number of para-hydroxylation sites is 1. The van der Waals surface area contributed by atoms with Gasteiger partial charge in [0.1, 0.15) is 4.90 Å². The Kier molecular flexibility index (Phi) is 6.30. The van der Waals surface area contributed by atoms with Gasteiger partial charge in [0.25, 0.3) is 0 Å². The van der Waals surface area contributed by atoms with Crippen LogP contribution >= 0.6 is 0 Å². The summed E-state index contributed by atoms with van der Waals surface area (Å²) in [5.74, 6) is -0.331. The first-order valence-electron chi connectivity index (χ1n) is 9.22. The highest BCUT2D eigenvalue weighted by Gasteiger charge is 2.28. The van der Waals surface area contributed by atoms with Gasteiger partial charge in [-0.05, 0) is 42.3 Å². The van der Waals surface area contributed by atoms with Gasteiger partial charge in [-0.2, -0.15) is 0 Å². The van der Waals surface area contributed by atoms with Crippen molar-refractivity contribution in [2.45, 2.75) is 11.3 Å². The van der Waals surface area contributed by atoms with Gasteiger partial charge in [0.2, 0.25) is 26.0 Å². The average Bonchev–Trinajstić information content (AvgIpc) is 3.06. The van der Waals surface area contributed by atoms with Crippen LogP contribution in [0.1, 0.15) is 12.0 Å². The van der Waals surface area contributed by atoms with Crippen LogP contribution in [-0.4, -0.2) is 53.4 Å². The van der Waals surface area contributed by atoms with Gasteiger partial charge in [-0.25, -0.2) is 21.1 Å². The van der Waals surface area contributed by atoms with Crippen LogP contribution < -0.4 is 9.62 Å². The lowest BCUT2D eigenvalue weighted by Gasteiger charge is -2.16. The third-order valence-corrected chi connectivity index (χ3v) is 8.35. The van der Waals surface area contributed by atoms with Crippen LogP contribution in [0.2, 0.25) is 0 Å². The number of nitrogens with zero attached hydrogens (tertiary/aromatic N) is 2. The topological polar surface area (TPSA) is 104 Å². The van der Waals surface area contributed by atoms with Crippen molar-refractivity contribution >= 4 is 43.4 Å². The summed E-state index contributed by atoms with van der Waals surface area (Å²) in [5, 5.41) is 2.59. The van der Waals surface area contributed by atoms with Crippen molar-refractivity contribution in [1.82, 2.24) is 4.31 Å². The summed E-state index contributed by atoms with van der Waals surface area (Å²) in [6.45, 7) is 0.467. The van der Waals surface area contributed by atoms with Crippen LogP contribution in [-0.2, 0) is 24.8 Å². The van der Waals surface area contributed by atoms with Gasteiger partial charge in [-0.15, -0.1) is 0 Å². The van der Waals surface area contributed by atoms with E-state index in [2.05, 4.69) is 5.32 Å². The summed E-state index contributed by atoms with van der Waals surface area (Å²) >= 11 is 0. The predicted octanol–water partition coefficient (Wildman–Crippen LogP) is 2.13. The standard InChI is InChI=1S/C20H23N3O5S2/c1-22(2)30(27,28)19-7-4-3-6-18(19)21-20(24)13-10-16-8-11-17(12-9-16)23-14-5-15-29(23,25)26/h3-4,6-13H,5,14-15H2,1-2H3,(H,21,24)/b13-10+. The van der Waals surface area contributed by atoms with Crippen molar-refractivity contribution in [3.05, 3.63) is 60.2 Å². The van der Waals surface area contributed by atoms with E-state index in [4.69, 9.17) is 0 Å². The van der Waals surface area contributed by atoms with Crippen LogP contribution in [0.4, 0.5) is 11.4 Å². The maximum absolute atomic E-state index is 12.4. The molecule has 0 unspecified atom stereocenters. The first-order valence-corrected chi connectivity index (χ1v) is 12.3. The zero-order valence-corrected chi connectivity index (χ0v) is 18.3. The maximum atomic E-state index is 12.4. The molecule has 0 aromatic heterocycles. The molecule has 30 heavy (non-hydrogen) atoms. The number of anilines is 2. The number of hydrogen-bond acceptors (Lipinski definition) is 5. The summed E-state index contributed by atoms with van der Waals surface area (Å²) in [6, 6.07) is 13.0. The quantitative estimate of drug-likeness (QED) is 0.681. The molecule has 2 aromatic rings. The highest BCUT2D eigenvalue weighted by Crippen LogP contribution is 2.25. The number of nitrogens with one attached hydrogen (secondary N) is 1. The van der Waals surface area contributed by atoms with E-state index in [0.29, 0.717) is 24.2 Å². The van der Waals surface area contributed by atoms with E-state index in [1.165, 1.54) is 36.6 Å². The van der Waals surface area contributed by atoms with Crippen LogP contribution in [0.3, 0.4) is 0 Å². The molecule has 160 valence electrons. The summed E-state index contributed by atoms with van der Waals surface area (Å²) < 4.78 is 51.3. The number of amides is 1. The smallest absolute Gasteiger partial charge is 0.248 e. The van der Waals surface area contributed by atoms with Gasteiger partial charge in [0.05, 0.1) is 17.1 Å². The molecular weight excluding hydrogens is 426 g/mol. The Morgan fingerprint density at radius 1 is 1.10 bits per heavy atom. The molecule has 1 N–H and O–H groups in total. The van der Waals surface area contributed by atoms with E-state index in [9.17, 15) is 21.6 Å². The minimum absolute atomic E-state index is 0.00734. The van der Waals surface area contributed by atoms with E-state index < -0.39 is 26.0 Å². The van der Waals surface area contributed by atoms with Crippen molar-refractivity contribution < 1.29 is 21.6 Å². The molecule has 0 aliphatic carbocycles. The molecule has 1 saturated heterocycles. The minimum Gasteiger partial charge on any atom is -0.321 e. The van der Waals surface area contributed by atoms with Crippen LogP contribution in [0.5, 0.6) is 0 Å². The molecular formula is C20H23N3O5S2. The Bertz CT molecular complexity index is 1170. The summed E-state index contributed by atoms with van der Waals surface area (Å²) in [5.41, 5.74) is 1.49. The zero-order chi connectivity index (χ0) is 21.9. The van der Waals surface area contributed by atoms with Gasteiger partial charge in [-0.1, -0.05) is 24.3 Å². The lowest BCUT2D eigenvalue weighted by molar-refractivity contribution is -0.111. The van der Waals surface area contributed by atoms with E-state index >= 15 is 0 Å². The number of benzene rings is 2. The molecule has 1 heterocycles. The summed E-state index contributed by atoms with van der Waals surface area (Å²) in [4.78, 5) is 12.3. The fraction of sp³-hybridized carbons (Fsp3) is 0.250. The number of carbonyl (C=O) groups excluding carboxylic acids is 1. The maximum Gasteiger partial charge on any atom is 0.248 e. The second-order valence-electron chi connectivity index (χ2n) is 6.94. The third kappa shape index (κ3) is 4.72. The minimum atomic E-state index is -3.70. The number of carbonyl (C=O) groups is 1. The van der Waals surface area contributed by atoms with Crippen molar-refractivity contribution in [1.29, 1.82) is 0 Å². The van der Waals surface area contributed by atoms with Crippen LogP contribution in [0.25, 0.3) is 6.08 Å². The Morgan fingerprint density at radius 3 is 2.37 bits per heavy atom. The van der Waals surface area contributed by atoms with Crippen molar-refractivity contribution in [2.24, 2.45) is 0 Å². The lowest BCUT2D eigenvalue weighted by atomic mass is 10.2. The normalized spacial score (nSPS) is 16.3. The Balaban J connectivity index is 1.72. The van der Waals surface area contributed by atoms with Crippen molar-refractivity contribution in [3.63, 3.8) is 0 Å². The number of sulfonamides is 2.